The highest BCUT2D eigenvalue weighted by Gasteiger charge is 2.53. The molecule has 0 bridgehead atoms. The predicted octanol–water partition coefficient (Wildman–Crippen LogP) is 0.173. The van der Waals surface area contributed by atoms with E-state index in [-0.39, 0.29) is 5.92 Å². The molecule has 0 aromatic heterocycles. The van der Waals surface area contributed by atoms with Crippen molar-refractivity contribution < 1.29 is 20.1 Å². The summed E-state index contributed by atoms with van der Waals surface area (Å²) in [5.41, 5.74) is -1.59. The fourth-order valence-electron chi connectivity index (χ4n) is 2.48. The molecule has 0 spiro atoms. The van der Waals surface area contributed by atoms with Crippen molar-refractivity contribution in [2.75, 3.05) is 6.61 Å². The van der Waals surface area contributed by atoms with E-state index in [1.165, 1.54) is 0 Å². The van der Waals surface area contributed by atoms with Gasteiger partial charge >= 0.3 is 0 Å². The highest BCUT2D eigenvalue weighted by molar-refractivity contribution is 5.23. The van der Waals surface area contributed by atoms with Crippen molar-refractivity contribution in [1.82, 2.24) is 0 Å². The van der Waals surface area contributed by atoms with Gasteiger partial charge in [0.1, 0.15) is 5.76 Å². The summed E-state index contributed by atoms with van der Waals surface area (Å²) in [5.74, 6) is 0.341. The number of hydrogen-bond donors (Lipinski definition) is 3. The smallest absolute Gasteiger partial charge is 0.173 e. The van der Waals surface area contributed by atoms with Crippen LogP contribution in [0.2, 0.25) is 0 Å². The van der Waals surface area contributed by atoms with E-state index in [1.807, 2.05) is 6.92 Å². The summed E-state index contributed by atoms with van der Waals surface area (Å²) in [6, 6.07) is 0. The molecule has 1 aliphatic carbocycles. The van der Waals surface area contributed by atoms with Gasteiger partial charge < -0.3 is 20.1 Å². The summed E-state index contributed by atoms with van der Waals surface area (Å²) in [7, 11) is 0. The van der Waals surface area contributed by atoms with Crippen LogP contribution in [0.3, 0.4) is 0 Å². The van der Waals surface area contributed by atoms with E-state index in [0.717, 1.165) is 6.42 Å². The van der Waals surface area contributed by atoms with Gasteiger partial charge in [-0.05, 0) is 18.4 Å². The van der Waals surface area contributed by atoms with Crippen molar-refractivity contribution >= 4 is 0 Å². The fourth-order valence-corrected chi connectivity index (χ4v) is 2.48. The summed E-state index contributed by atoms with van der Waals surface area (Å²) < 4.78 is 5.31. The van der Waals surface area contributed by atoms with E-state index in [1.54, 1.807) is 6.08 Å². The van der Waals surface area contributed by atoms with Gasteiger partial charge in [0.2, 0.25) is 0 Å². The second-order valence-corrected chi connectivity index (χ2v) is 4.40. The van der Waals surface area contributed by atoms with Gasteiger partial charge in [0.05, 0.1) is 18.8 Å². The summed E-state index contributed by atoms with van der Waals surface area (Å²) in [6.07, 6.45) is 1.77. The number of allylic oxidation sites excluding steroid dienone is 1. The highest BCUT2D eigenvalue weighted by Crippen LogP contribution is 2.40. The molecule has 4 heteroatoms. The van der Waals surface area contributed by atoms with Gasteiger partial charge in [-0.3, -0.25) is 0 Å². The van der Waals surface area contributed by atoms with Crippen molar-refractivity contribution in [3.63, 3.8) is 0 Å². The molecule has 1 aliphatic heterocycles. The molecule has 0 aromatic rings. The van der Waals surface area contributed by atoms with Crippen molar-refractivity contribution in [3.05, 3.63) is 11.8 Å². The monoisotopic (exact) mass is 214 g/mol. The third-order valence-corrected chi connectivity index (χ3v) is 3.58. The van der Waals surface area contributed by atoms with Crippen molar-refractivity contribution in [2.24, 2.45) is 5.92 Å². The molecule has 0 unspecified atom stereocenters. The molecule has 4 nitrogen and oxygen atoms in total. The van der Waals surface area contributed by atoms with E-state index in [4.69, 9.17) is 4.74 Å². The lowest BCUT2D eigenvalue weighted by Gasteiger charge is -2.46. The molecule has 0 amide bonds. The van der Waals surface area contributed by atoms with Gasteiger partial charge in [-0.25, -0.2) is 0 Å². The van der Waals surface area contributed by atoms with Crippen LogP contribution < -0.4 is 0 Å². The van der Waals surface area contributed by atoms with E-state index >= 15 is 0 Å². The molecule has 86 valence electrons. The second kappa shape index (κ2) is 3.77. The van der Waals surface area contributed by atoms with Gasteiger partial charge in [0, 0.05) is 6.42 Å². The van der Waals surface area contributed by atoms with E-state index in [9.17, 15) is 15.3 Å². The van der Waals surface area contributed by atoms with Gasteiger partial charge in [-0.15, -0.1) is 0 Å². The largest absolute Gasteiger partial charge is 0.495 e. The number of rotatable bonds is 1. The maximum atomic E-state index is 10.3. The third-order valence-electron chi connectivity index (χ3n) is 3.58. The summed E-state index contributed by atoms with van der Waals surface area (Å²) in [4.78, 5) is 0. The Kier molecular flexibility index (Phi) is 2.75. The Morgan fingerprint density at radius 2 is 2.27 bits per heavy atom. The molecule has 2 aliphatic rings. The van der Waals surface area contributed by atoms with Gasteiger partial charge in [-0.1, -0.05) is 13.3 Å². The lowest BCUT2D eigenvalue weighted by Crippen LogP contribution is -2.60. The minimum atomic E-state index is -1.59. The Labute approximate surface area is 89.2 Å². The molecule has 3 N–H and O–H groups in total. The van der Waals surface area contributed by atoms with Crippen molar-refractivity contribution in [3.8, 4) is 0 Å². The average Bonchev–Trinajstić information content (AvgIpc) is 2.23. The Balaban J connectivity index is 2.33. The highest BCUT2D eigenvalue weighted by atomic mass is 16.5. The summed E-state index contributed by atoms with van der Waals surface area (Å²) in [5, 5.41) is 30.2. The predicted molar refractivity (Wildman–Crippen MR) is 54.0 cm³/mol. The number of aliphatic hydroxyl groups is 3. The normalized spacial score (nSPS) is 45.3. The number of aliphatic hydroxyl groups excluding tert-OH is 2. The van der Waals surface area contributed by atoms with E-state index in [0.29, 0.717) is 25.2 Å². The molecular weight excluding hydrogens is 196 g/mol. The lowest BCUT2D eigenvalue weighted by molar-refractivity contribution is -0.191. The maximum absolute atomic E-state index is 10.3. The topological polar surface area (TPSA) is 69.9 Å². The van der Waals surface area contributed by atoms with Crippen molar-refractivity contribution in [1.29, 1.82) is 0 Å². The molecule has 1 heterocycles. The van der Waals surface area contributed by atoms with E-state index in [2.05, 4.69) is 0 Å². The average molecular weight is 214 g/mol. The third kappa shape index (κ3) is 1.48. The molecule has 1 fully saturated rings. The van der Waals surface area contributed by atoms with Gasteiger partial charge in [-0.2, -0.15) is 0 Å². The Bertz CT molecular complexity index is 276. The molecular formula is C11H18O4. The Morgan fingerprint density at radius 3 is 2.93 bits per heavy atom. The van der Waals surface area contributed by atoms with Crippen LogP contribution in [0.5, 0.6) is 0 Å². The first-order valence-electron chi connectivity index (χ1n) is 5.52. The van der Waals surface area contributed by atoms with Crippen LogP contribution in [0.4, 0.5) is 0 Å². The van der Waals surface area contributed by atoms with Crippen LogP contribution in [0.1, 0.15) is 26.2 Å². The minimum Gasteiger partial charge on any atom is -0.495 e. The number of hydrogen-bond acceptors (Lipinski definition) is 4. The quantitative estimate of drug-likeness (QED) is 0.582. The molecule has 0 aromatic carbocycles. The van der Waals surface area contributed by atoms with Crippen LogP contribution in [-0.4, -0.2) is 39.7 Å². The molecule has 2 rings (SSSR count). The summed E-state index contributed by atoms with van der Waals surface area (Å²) >= 11 is 0. The second-order valence-electron chi connectivity index (χ2n) is 4.40. The zero-order valence-electron chi connectivity index (χ0n) is 8.89. The van der Waals surface area contributed by atoms with Crippen molar-refractivity contribution in [2.45, 2.75) is 44.0 Å². The molecule has 0 saturated carbocycles. The lowest BCUT2D eigenvalue weighted by atomic mass is 9.73. The first kappa shape index (κ1) is 10.9. The van der Waals surface area contributed by atoms with Crippen LogP contribution in [0, 0.1) is 5.92 Å². The zero-order chi connectivity index (χ0) is 11.1. The van der Waals surface area contributed by atoms with Crippen LogP contribution in [-0.2, 0) is 4.74 Å². The maximum Gasteiger partial charge on any atom is 0.173 e. The fraction of sp³-hybridized carbons (Fsp3) is 0.818. The molecule has 1 saturated heterocycles. The first-order chi connectivity index (χ1) is 7.10. The number of fused-ring (bicyclic) bond motifs is 1. The first-order valence-corrected chi connectivity index (χ1v) is 5.52. The van der Waals surface area contributed by atoms with Crippen LogP contribution >= 0.6 is 0 Å². The Hall–Kier alpha value is -0.580. The standard InChI is InChI=1S/C11H18O4/c1-2-7-3-4-9-11(14,10(7)13)8(12)5-6-15-9/h4,7-8,10,12-14H,2-3,5-6H2,1H3/t7-,8+,10+,11+/m1/s1. The SMILES string of the molecule is CC[C@@H]1CC=C2OCC[C@H](O)[C@@]2(O)[C@H]1O. The number of ether oxygens (including phenoxy) is 1. The Morgan fingerprint density at radius 1 is 1.53 bits per heavy atom. The van der Waals surface area contributed by atoms with Crippen LogP contribution in [0.25, 0.3) is 0 Å². The van der Waals surface area contributed by atoms with Crippen LogP contribution in [0.15, 0.2) is 11.8 Å². The molecule has 4 atom stereocenters. The van der Waals surface area contributed by atoms with Gasteiger partial charge in [0.25, 0.3) is 0 Å². The zero-order valence-corrected chi connectivity index (χ0v) is 8.89. The molecule has 15 heavy (non-hydrogen) atoms. The van der Waals surface area contributed by atoms with E-state index < -0.39 is 17.8 Å². The summed E-state index contributed by atoms with van der Waals surface area (Å²) in [6.45, 7) is 2.37. The minimum absolute atomic E-state index is 0.00454. The van der Waals surface area contributed by atoms with Gasteiger partial charge in [0.15, 0.2) is 5.60 Å². The molecule has 0 radical (unpaired) electrons.